The first kappa shape index (κ1) is 14.5. The molecule has 1 aliphatic heterocycles. The molecular weight excluding hydrogens is 280 g/mol. The number of carbonyl (C=O) groups is 1. The van der Waals surface area contributed by atoms with Crippen molar-refractivity contribution in [3.05, 3.63) is 10.9 Å². The Morgan fingerprint density at radius 2 is 2.37 bits per heavy atom. The van der Waals surface area contributed by atoms with Crippen molar-refractivity contribution in [3.8, 4) is 0 Å². The first-order chi connectivity index (χ1) is 9.15. The second-order valence-electron chi connectivity index (χ2n) is 4.44. The summed E-state index contributed by atoms with van der Waals surface area (Å²) in [5.41, 5.74) is 6.46. The fourth-order valence-corrected chi connectivity index (χ4v) is 4.26. The first-order valence-electron chi connectivity index (χ1n) is 6.58. The van der Waals surface area contributed by atoms with Crippen LogP contribution < -0.4 is 10.6 Å². The number of thiophene rings is 1. The number of thioether (sulfide) groups is 1. The van der Waals surface area contributed by atoms with Crippen molar-refractivity contribution in [1.82, 2.24) is 0 Å². The first-order valence-corrected chi connectivity index (χ1v) is 8.45. The number of nitrogen functional groups attached to an aromatic ring is 1. The minimum Gasteiger partial charge on any atom is -0.462 e. The van der Waals surface area contributed by atoms with Gasteiger partial charge in [-0.25, -0.2) is 4.79 Å². The van der Waals surface area contributed by atoms with Gasteiger partial charge in [0.05, 0.1) is 17.3 Å². The molecule has 2 N–H and O–H groups in total. The average molecular weight is 300 g/mol. The highest BCUT2D eigenvalue weighted by Gasteiger charge is 2.23. The Kier molecular flexibility index (Phi) is 4.99. The van der Waals surface area contributed by atoms with Crippen LogP contribution in [0.3, 0.4) is 0 Å². The van der Waals surface area contributed by atoms with E-state index in [1.807, 2.05) is 17.8 Å². The predicted octanol–water partition coefficient (Wildman–Crippen LogP) is 2.84. The van der Waals surface area contributed by atoms with E-state index in [-0.39, 0.29) is 5.97 Å². The van der Waals surface area contributed by atoms with Gasteiger partial charge in [-0.1, -0.05) is 6.92 Å². The largest absolute Gasteiger partial charge is 0.462 e. The Morgan fingerprint density at radius 1 is 1.58 bits per heavy atom. The summed E-state index contributed by atoms with van der Waals surface area (Å²) >= 11 is 3.47. The molecule has 1 saturated heterocycles. The summed E-state index contributed by atoms with van der Waals surface area (Å²) in [4.78, 5) is 14.6. The van der Waals surface area contributed by atoms with Crippen molar-refractivity contribution in [2.75, 3.05) is 36.1 Å². The number of ether oxygens (including phenoxy) is 1. The molecule has 0 saturated carbocycles. The van der Waals surface area contributed by atoms with Crippen LogP contribution in [0.5, 0.6) is 0 Å². The molecule has 1 aliphatic rings. The van der Waals surface area contributed by atoms with Crippen molar-refractivity contribution in [2.24, 2.45) is 0 Å². The highest BCUT2D eigenvalue weighted by molar-refractivity contribution is 8.00. The van der Waals surface area contributed by atoms with E-state index in [9.17, 15) is 4.79 Å². The molecule has 0 amide bonds. The zero-order valence-corrected chi connectivity index (χ0v) is 13.0. The average Bonchev–Trinajstić information content (AvgIpc) is 2.81. The van der Waals surface area contributed by atoms with E-state index in [1.165, 1.54) is 17.8 Å². The molecule has 19 heavy (non-hydrogen) atoms. The maximum atomic E-state index is 11.8. The third kappa shape index (κ3) is 3.36. The third-order valence-corrected chi connectivity index (χ3v) is 5.68. The summed E-state index contributed by atoms with van der Waals surface area (Å²) in [5.74, 6) is 0.820. The van der Waals surface area contributed by atoms with Gasteiger partial charge in [0.1, 0.15) is 4.88 Å². The summed E-state index contributed by atoms with van der Waals surface area (Å²) in [6.45, 7) is 6.45. The summed E-state index contributed by atoms with van der Waals surface area (Å²) < 4.78 is 5.02. The van der Waals surface area contributed by atoms with Crippen LogP contribution in [-0.2, 0) is 4.74 Å². The number of carbonyl (C=O) groups excluding carboxylic acids is 1. The number of hydrogen-bond acceptors (Lipinski definition) is 6. The maximum Gasteiger partial charge on any atom is 0.350 e. The van der Waals surface area contributed by atoms with E-state index in [4.69, 9.17) is 10.5 Å². The Morgan fingerprint density at radius 3 is 3.05 bits per heavy atom. The quantitative estimate of drug-likeness (QED) is 0.867. The molecule has 1 atom stereocenters. The highest BCUT2D eigenvalue weighted by atomic mass is 32.2. The smallest absolute Gasteiger partial charge is 0.350 e. The highest BCUT2D eigenvalue weighted by Crippen LogP contribution is 2.35. The lowest BCUT2D eigenvalue weighted by molar-refractivity contribution is 0.0533. The van der Waals surface area contributed by atoms with Crippen LogP contribution in [-0.4, -0.2) is 36.7 Å². The van der Waals surface area contributed by atoms with Crippen molar-refractivity contribution in [3.63, 3.8) is 0 Å². The standard InChI is InChI=1S/C13H20N2O2S2/c1-3-9-8-15(5-6-18-9)11-7-10(14)12(19-11)13(16)17-4-2/h7,9H,3-6,8,14H2,1-2H3. The molecule has 0 aromatic carbocycles. The third-order valence-electron chi connectivity index (χ3n) is 3.11. The molecule has 0 aliphatic carbocycles. The summed E-state index contributed by atoms with van der Waals surface area (Å²) in [7, 11) is 0. The molecule has 2 heterocycles. The molecule has 1 aromatic heterocycles. The summed E-state index contributed by atoms with van der Waals surface area (Å²) in [6.07, 6.45) is 1.17. The van der Waals surface area contributed by atoms with Gasteiger partial charge >= 0.3 is 5.97 Å². The zero-order valence-electron chi connectivity index (χ0n) is 11.3. The van der Waals surface area contributed by atoms with Gasteiger partial charge in [0.25, 0.3) is 0 Å². The SMILES string of the molecule is CCOC(=O)c1sc(N2CCSC(CC)C2)cc1N. The van der Waals surface area contributed by atoms with Gasteiger partial charge in [0.2, 0.25) is 0 Å². The van der Waals surface area contributed by atoms with Crippen molar-refractivity contribution < 1.29 is 9.53 Å². The van der Waals surface area contributed by atoms with Crippen LogP contribution >= 0.6 is 23.1 Å². The van der Waals surface area contributed by atoms with Gasteiger partial charge in [-0.15, -0.1) is 11.3 Å². The van der Waals surface area contributed by atoms with Gasteiger partial charge in [0, 0.05) is 24.1 Å². The van der Waals surface area contributed by atoms with E-state index >= 15 is 0 Å². The fourth-order valence-electron chi connectivity index (χ4n) is 2.07. The van der Waals surface area contributed by atoms with Crippen molar-refractivity contribution >= 4 is 39.8 Å². The molecule has 6 heteroatoms. The second-order valence-corrected chi connectivity index (χ2v) is 6.88. The molecule has 106 valence electrons. The van der Waals surface area contributed by atoms with E-state index in [1.54, 1.807) is 6.92 Å². The van der Waals surface area contributed by atoms with Crippen LogP contribution in [0.25, 0.3) is 0 Å². The van der Waals surface area contributed by atoms with Gasteiger partial charge in [-0.2, -0.15) is 11.8 Å². The molecule has 4 nitrogen and oxygen atoms in total. The van der Waals surface area contributed by atoms with Gasteiger partial charge in [-0.3, -0.25) is 0 Å². The monoisotopic (exact) mass is 300 g/mol. The van der Waals surface area contributed by atoms with Gasteiger partial charge in [-0.05, 0) is 19.4 Å². The number of nitrogens with zero attached hydrogens (tertiary/aromatic N) is 1. The number of anilines is 2. The second kappa shape index (κ2) is 6.52. The van der Waals surface area contributed by atoms with E-state index < -0.39 is 0 Å². The molecule has 2 rings (SSSR count). The van der Waals surface area contributed by atoms with Crippen LogP contribution in [0.15, 0.2) is 6.07 Å². The summed E-state index contributed by atoms with van der Waals surface area (Å²) in [5, 5.41) is 1.75. The molecular formula is C13H20N2O2S2. The Hall–Kier alpha value is -0.880. The molecule has 0 radical (unpaired) electrons. The lowest BCUT2D eigenvalue weighted by Gasteiger charge is -2.32. The fraction of sp³-hybridized carbons (Fsp3) is 0.615. The number of nitrogens with two attached hydrogens (primary N) is 1. The lowest BCUT2D eigenvalue weighted by atomic mass is 10.3. The van der Waals surface area contributed by atoms with E-state index in [0.29, 0.717) is 22.4 Å². The predicted molar refractivity (Wildman–Crippen MR) is 83.4 cm³/mol. The number of esters is 1. The van der Waals surface area contributed by atoms with Gasteiger partial charge < -0.3 is 15.4 Å². The molecule has 0 spiro atoms. The maximum absolute atomic E-state index is 11.8. The van der Waals surface area contributed by atoms with Crippen LogP contribution in [0.4, 0.5) is 10.7 Å². The normalized spacial score (nSPS) is 19.5. The Labute approximate surface area is 122 Å². The molecule has 1 unspecified atom stereocenters. The number of hydrogen-bond donors (Lipinski definition) is 1. The molecule has 1 fully saturated rings. The van der Waals surface area contributed by atoms with Crippen LogP contribution in [0.2, 0.25) is 0 Å². The van der Waals surface area contributed by atoms with E-state index in [2.05, 4.69) is 11.8 Å². The van der Waals surface area contributed by atoms with Crippen molar-refractivity contribution in [1.29, 1.82) is 0 Å². The lowest BCUT2D eigenvalue weighted by Crippen LogP contribution is -2.37. The molecule has 0 bridgehead atoms. The minimum atomic E-state index is -0.310. The zero-order chi connectivity index (χ0) is 13.8. The summed E-state index contributed by atoms with van der Waals surface area (Å²) in [6, 6.07) is 1.90. The Balaban J connectivity index is 2.13. The van der Waals surface area contributed by atoms with Crippen LogP contribution in [0.1, 0.15) is 29.9 Å². The van der Waals surface area contributed by atoms with Crippen LogP contribution in [0, 0.1) is 0 Å². The minimum absolute atomic E-state index is 0.310. The van der Waals surface area contributed by atoms with Gasteiger partial charge in [0.15, 0.2) is 0 Å². The Bertz CT molecular complexity index is 448. The topological polar surface area (TPSA) is 55.6 Å². The molecule has 1 aromatic rings. The van der Waals surface area contributed by atoms with Crippen molar-refractivity contribution in [2.45, 2.75) is 25.5 Å². The van der Waals surface area contributed by atoms with E-state index in [0.717, 1.165) is 23.8 Å². The number of rotatable bonds is 4.